The van der Waals surface area contributed by atoms with Crippen LogP contribution in [0.25, 0.3) is 21.9 Å². The van der Waals surface area contributed by atoms with E-state index in [0.29, 0.717) is 5.56 Å². The Balaban J connectivity index is 2.13. The lowest BCUT2D eigenvalue weighted by Gasteiger charge is -2.09. The first-order valence-electron chi connectivity index (χ1n) is 7.63. The molecule has 4 nitrogen and oxygen atoms in total. The zero-order chi connectivity index (χ0) is 17.1. The summed E-state index contributed by atoms with van der Waals surface area (Å²) in [5.74, 6) is -1.61. The van der Waals surface area contributed by atoms with Crippen LogP contribution in [0.3, 0.4) is 0 Å². The number of benzene rings is 3. The summed E-state index contributed by atoms with van der Waals surface area (Å²) in [4.78, 5) is 23.4. The second-order valence-corrected chi connectivity index (χ2v) is 5.39. The van der Waals surface area contributed by atoms with Gasteiger partial charge in [-0.1, -0.05) is 36.4 Å². The topological polar surface area (TPSA) is 63.6 Å². The summed E-state index contributed by atoms with van der Waals surface area (Å²) in [6.45, 7) is 1.95. The summed E-state index contributed by atoms with van der Waals surface area (Å²) in [6, 6.07) is 18.3. The molecule has 120 valence electrons. The molecule has 0 radical (unpaired) electrons. The van der Waals surface area contributed by atoms with Gasteiger partial charge >= 0.3 is 11.9 Å². The normalized spacial score (nSPS) is 10.5. The third-order valence-electron chi connectivity index (χ3n) is 3.77. The number of hydrogen-bond donors (Lipinski definition) is 1. The summed E-state index contributed by atoms with van der Waals surface area (Å²) < 4.78 is 4.99. The molecule has 3 aromatic rings. The van der Waals surface area contributed by atoms with E-state index in [0.717, 1.165) is 16.3 Å². The molecule has 0 fully saturated rings. The lowest BCUT2D eigenvalue weighted by Crippen LogP contribution is -2.07. The molecule has 0 saturated carbocycles. The van der Waals surface area contributed by atoms with Crippen LogP contribution in [0.2, 0.25) is 0 Å². The number of aromatic carboxylic acids is 1. The minimum Gasteiger partial charge on any atom is -0.478 e. The van der Waals surface area contributed by atoms with Gasteiger partial charge in [0.05, 0.1) is 17.7 Å². The van der Waals surface area contributed by atoms with Crippen molar-refractivity contribution in [3.63, 3.8) is 0 Å². The number of fused-ring (bicyclic) bond motifs is 1. The van der Waals surface area contributed by atoms with Crippen LogP contribution in [0.15, 0.2) is 60.7 Å². The smallest absolute Gasteiger partial charge is 0.338 e. The fourth-order valence-corrected chi connectivity index (χ4v) is 2.62. The largest absolute Gasteiger partial charge is 0.478 e. The average molecular weight is 320 g/mol. The zero-order valence-corrected chi connectivity index (χ0v) is 13.2. The van der Waals surface area contributed by atoms with Crippen LogP contribution in [0.4, 0.5) is 0 Å². The quantitative estimate of drug-likeness (QED) is 0.725. The number of ether oxygens (including phenoxy) is 1. The Morgan fingerprint density at radius 1 is 0.875 bits per heavy atom. The van der Waals surface area contributed by atoms with Crippen molar-refractivity contribution in [2.75, 3.05) is 6.61 Å². The fourth-order valence-electron chi connectivity index (χ4n) is 2.62. The molecule has 1 N–H and O–H groups in total. The van der Waals surface area contributed by atoms with Crippen molar-refractivity contribution in [1.82, 2.24) is 0 Å². The van der Waals surface area contributed by atoms with Gasteiger partial charge in [-0.3, -0.25) is 0 Å². The van der Waals surface area contributed by atoms with Crippen molar-refractivity contribution in [3.05, 3.63) is 71.8 Å². The predicted molar refractivity (Wildman–Crippen MR) is 92.3 cm³/mol. The number of carbonyl (C=O) groups is 2. The Labute approximate surface area is 139 Å². The lowest BCUT2D eigenvalue weighted by molar-refractivity contribution is 0.0526. The summed E-state index contributed by atoms with van der Waals surface area (Å²) >= 11 is 0. The van der Waals surface area contributed by atoms with Gasteiger partial charge in [0.15, 0.2) is 0 Å². The molecule has 3 aromatic carbocycles. The second-order valence-electron chi connectivity index (χ2n) is 5.39. The monoisotopic (exact) mass is 320 g/mol. The highest BCUT2D eigenvalue weighted by Crippen LogP contribution is 2.27. The molecule has 0 saturated heterocycles. The maximum absolute atomic E-state index is 12.0. The van der Waals surface area contributed by atoms with Crippen LogP contribution < -0.4 is 0 Å². The Morgan fingerprint density at radius 3 is 2.29 bits per heavy atom. The minimum atomic E-state index is -1.08. The van der Waals surface area contributed by atoms with Crippen molar-refractivity contribution >= 4 is 22.7 Å². The van der Waals surface area contributed by atoms with E-state index < -0.39 is 11.9 Å². The molecule has 0 atom stereocenters. The Bertz CT molecular complexity index is 928. The van der Waals surface area contributed by atoms with E-state index in [-0.39, 0.29) is 17.7 Å². The molecule has 0 aromatic heterocycles. The van der Waals surface area contributed by atoms with E-state index in [9.17, 15) is 14.7 Å². The zero-order valence-electron chi connectivity index (χ0n) is 13.2. The Hall–Kier alpha value is -3.14. The molecular weight excluding hydrogens is 304 g/mol. The van der Waals surface area contributed by atoms with Gasteiger partial charge in [0.1, 0.15) is 0 Å². The highest BCUT2D eigenvalue weighted by atomic mass is 16.5. The lowest BCUT2D eigenvalue weighted by atomic mass is 9.97. The van der Waals surface area contributed by atoms with Crippen LogP contribution in [-0.2, 0) is 4.74 Å². The molecule has 0 aliphatic heterocycles. The third-order valence-corrected chi connectivity index (χ3v) is 3.77. The molecule has 3 rings (SSSR count). The molecule has 0 amide bonds. The molecule has 4 heteroatoms. The van der Waals surface area contributed by atoms with Gasteiger partial charge in [-0.05, 0) is 53.1 Å². The van der Waals surface area contributed by atoms with E-state index in [1.54, 1.807) is 19.1 Å². The van der Waals surface area contributed by atoms with Gasteiger partial charge in [-0.2, -0.15) is 0 Å². The number of hydrogen-bond acceptors (Lipinski definition) is 3. The molecule has 0 aliphatic rings. The van der Waals surface area contributed by atoms with Gasteiger partial charge in [-0.25, -0.2) is 9.59 Å². The fraction of sp³-hybridized carbons (Fsp3) is 0.100. The number of carboxylic acids is 1. The van der Waals surface area contributed by atoms with Crippen LogP contribution in [0.5, 0.6) is 0 Å². The van der Waals surface area contributed by atoms with E-state index in [2.05, 4.69) is 0 Å². The van der Waals surface area contributed by atoms with E-state index in [1.807, 2.05) is 42.5 Å². The first-order valence-corrected chi connectivity index (χ1v) is 7.63. The van der Waals surface area contributed by atoms with Crippen LogP contribution in [0, 0.1) is 0 Å². The van der Waals surface area contributed by atoms with Crippen LogP contribution in [0.1, 0.15) is 27.6 Å². The predicted octanol–water partition coefficient (Wildman–Crippen LogP) is 4.38. The van der Waals surface area contributed by atoms with E-state index in [1.165, 1.54) is 6.07 Å². The highest BCUT2D eigenvalue weighted by molar-refractivity contribution is 5.97. The van der Waals surface area contributed by atoms with Crippen molar-refractivity contribution in [1.29, 1.82) is 0 Å². The van der Waals surface area contributed by atoms with Crippen LogP contribution >= 0.6 is 0 Å². The van der Waals surface area contributed by atoms with Gasteiger partial charge in [-0.15, -0.1) is 0 Å². The maximum atomic E-state index is 12.0. The molecular formula is C20H16O4. The molecule has 0 unspecified atom stereocenters. The highest BCUT2D eigenvalue weighted by Gasteiger charge is 2.14. The van der Waals surface area contributed by atoms with Gasteiger partial charge in [0, 0.05) is 0 Å². The number of rotatable bonds is 4. The summed E-state index contributed by atoms with van der Waals surface area (Å²) in [5, 5.41) is 11.5. The molecule has 0 spiro atoms. The second kappa shape index (κ2) is 6.54. The Kier molecular flexibility index (Phi) is 4.29. The number of carbonyl (C=O) groups excluding carboxylic acids is 1. The molecule has 24 heavy (non-hydrogen) atoms. The van der Waals surface area contributed by atoms with Crippen molar-refractivity contribution in [3.8, 4) is 11.1 Å². The van der Waals surface area contributed by atoms with Crippen molar-refractivity contribution in [2.45, 2.75) is 6.92 Å². The van der Waals surface area contributed by atoms with Gasteiger partial charge < -0.3 is 9.84 Å². The SMILES string of the molecule is CCOC(=O)c1cc(C(=O)O)cc(-c2ccc3ccccc3c2)c1. The standard InChI is InChI=1S/C20H16O4/c1-2-24-20(23)18-11-16(10-17(12-18)19(21)22)15-8-7-13-5-3-4-6-14(13)9-15/h3-12H,2H2,1H3,(H,21,22). The van der Waals surface area contributed by atoms with E-state index in [4.69, 9.17) is 4.74 Å². The van der Waals surface area contributed by atoms with Gasteiger partial charge in [0.25, 0.3) is 0 Å². The van der Waals surface area contributed by atoms with Crippen molar-refractivity contribution < 1.29 is 19.4 Å². The van der Waals surface area contributed by atoms with Crippen molar-refractivity contribution in [2.24, 2.45) is 0 Å². The molecule has 0 bridgehead atoms. The summed E-state index contributed by atoms with van der Waals surface area (Å²) in [7, 11) is 0. The minimum absolute atomic E-state index is 0.0590. The Morgan fingerprint density at radius 2 is 1.58 bits per heavy atom. The first-order chi connectivity index (χ1) is 11.6. The number of esters is 1. The average Bonchev–Trinajstić information content (AvgIpc) is 2.61. The first kappa shape index (κ1) is 15.7. The maximum Gasteiger partial charge on any atom is 0.338 e. The van der Waals surface area contributed by atoms with Crippen LogP contribution in [-0.4, -0.2) is 23.7 Å². The van der Waals surface area contributed by atoms with Gasteiger partial charge in [0.2, 0.25) is 0 Å². The third kappa shape index (κ3) is 3.13. The summed E-state index contributed by atoms with van der Waals surface area (Å²) in [5.41, 5.74) is 1.81. The number of carboxylic acid groups (broad SMARTS) is 1. The molecule has 0 aliphatic carbocycles. The summed E-state index contributed by atoms with van der Waals surface area (Å²) in [6.07, 6.45) is 0. The molecule has 0 heterocycles. The van der Waals surface area contributed by atoms with E-state index >= 15 is 0 Å².